The quantitative estimate of drug-likeness (QED) is 0.686. The minimum atomic E-state index is -0.0162. The van der Waals surface area contributed by atoms with E-state index in [2.05, 4.69) is 27.9 Å². The highest BCUT2D eigenvalue weighted by Gasteiger charge is 2.07. The fourth-order valence-electron chi connectivity index (χ4n) is 2.07. The zero-order chi connectivity index (χ0) is 14.1. The molecule has 0 unspecified atom stereocenters. The van der Waals surface area contributed by atoms with Crippen molar-refractivity contribution in [1.29, 1.82) is 0 Å². The Kier molecular flexibility index (Phi) is 3.48. The van der Waals surface area contributed by atoms with E-state index in [0.29, 0.717) is 16.7 Å². The number of halogens is 1. The largest absolute Gasteiger partial charge is 0.456 e. The molecule has 3 aromatic rings. The summed E-state index contributed by atoms with van der Waals surface area (Å²) in [6.45, 7) is 0. The highest BCUT2D eigenvalue weighted by molar-refractivity contribution is 14.1. The zero-order valence-electron chi connectivity index (χ0n) is 10.8. The molecule has 0 amide bonds. The van der Waals surface area contributed by atoms with E-state index in [0.717, 1.165) is 14.8 Å². The highest BCUT2D eigenvalue weighted by Crippen LogP contribution is 2.24. The molecule has 0 saturated heterocycles. The molecule has 0 atom stereocenters. The van der Waals surface area contributed by atoms with E-state index >= 15 is 0 Å². The second kappa shape index (κ2) is 5.28. The van der Waals surface area contributed by atoms with Crippen LogP contribution in [0.1, 0.15) is 0 Å². The van der Waals surface area contributed by atoms with E-state index in [1.807, 2.05) is 49.5 Å². The first-order valence-corrected chi connectivity index (χ1v) is 7.27. The maximum Gasteiger partial charge on any atom is 0.193 e. The maximum atomic E-state index is 12.2. The lowest BCUT2D eigenvalue weighted by Crippen LogP contribution is -2.00. The van der Waals surface area contributed by atoms with E-state index in [4.69, 9.17) is 4.42 Å². The third-order valence-electron chi connectivity index (χ3n) is 3.15. The number of benzene rings is 2. The minimum absolute atomic E-state index is 0.0162. The molecule has 100 valence electrons. The fourth-order valence-corrected chi connectivity index (χ4v) is 2.56. The van der Waals surface area contributed by atoms with Gasteiger partial charge in [0.25, 0.3) is 0 Å². The predicted molar refractivity (Wildman–Crippen MR) is 90.2 cm³/mol. The monoisotopic (exact) mass is 375 g/mol. The smallest absolute Gasteiger partial charge is 0.193 e. The Morgan fingerprint density at radius 3 is 2.50 bits per heavy atom. The van der Waals surface area contributed by atoms with Crippen LogP contribution in [0.5, 0.6) is 0 Å². The van der Waals surface area contributed by atoms with Gasteiger partial charge in [0.05, 0.1) is 5.39 Å². The number of nitrogens with one attached hydrogen (secondary N) is 1. The van der Waals surface area contributed by atoms with Crippen LogP contribution < -0.4 is 10.7 Å². The van der Waals surface area contributed by atoms with E-state index in [-0.39, 0.29) is 5.43 Å². The molecule has 0 bridgehead atoms. The van der Waals surface area contributed by atoms with E-state index < -0.39 is 0 Å². The lowest BCUT2D eigenvalue weighted by Gasteiger charge is -2.05. The summed E-state index contributed by atoms with van der Waals surface area (Å²) in [5.41, 5.74) is 2.51. The molecular formula is C16H12INO2. The Morgan fingerprint density at radius 1 is 1.05 bits per heavy atom. The van der Waals surface area contributed by atoms with Crippen LogP contribution in [0.15, 0.2) is 57.7 Å². The standard InChI is InChI=1S/C16H12INO2/c1-18-12-5-2-10(3-6-12)16-9-14(19)13-8-11(17)4-7-15(13)20-16/h2-9,18H,1H3/i17-2. The van der Waals surface area contributed by atoms with Crippen LogP contribution in [-0.4, -0.2) is 7.05 Å². The molecule has 2 aromatic carbocycles. The van der Waals surface area contributed by atoms with Crippen molar-refractivity contribution in [2.75, 3.05) is 12.4 Å². The molecule has 3 rings (SSSR count). The Balaban J connectivity index is 2.16. The number of hydrogen-bond acceptors (Lipinski definition) is 3. The first kappa shape index (κ1) is 13.2. The summed E-state index contributed by atoms with van der Waals surface area (Å²) >= 11 is 2.19. The van der Waals surface area contributed by atoms with E-state index in [1.54, 1.807) is 6.07 Å². The molecule has 1 heterocycles. The molecule has 4 heteroatoms. The summed E-state index contributed by atoms with van der Waals surface area (Å²) < 4.78 is 6.86. The van der Waals surface area contributed by atoms with Crippen molar-refractivity contribution in [1.82, 2.24) is 0 Å². The molecule has 0 aliphatic carbocycles. The molecular weight excluding hydrogens is 363 g/mol. The van der Waals surface area contributed by atoms with Gasteiger partial charge in [-0.05, 0) is 65.1 Å². The van der Waals surface area contributed by atoms with Gasteiger partial charge in [-0.1, -0.05) is 0 Å². The summed E-state index contributed by atoms with van der Waals surface area (Å²) in [5.74, 6) is 0.589. The Bertz CT molecular complexity index is 822. The van der Waals surface area contributed by atoms with Gasteiger partial charge in [0.1, 0.15) is 11.3 Å². The van der Waals surface area contributed by atoms with Crippen LogP contribution in [-0.2, 0) is 0 Å². The lowest BCUT2D eigenvalue weighted by molar-refractivity contribution is 0.619. The fraction of sp³-hybridized carbons (Fsp3) is 0.0625. The molecule has 1 aromatic heterocycles. The van der Waals surface area contributed by atoms with Gasteiger partial charge in [-0.2, -0.15) is 0 Å². The number of hydrogen-bond donors (Lipinski definition) is 1. The van der Waals surface area contributed by atoms with Crippen molar-refractivity contribution in [3.05, 3.63) is 62.3 Å². The van der Waals surface area contributed by atoms with Crippen LogP contribution in [0.2, 0.25) is 0 Å². The third-order valence-corrected chi connectivity index (χ3v) is 3.82. The molecule has 20 heavy (non-hydrogen) atoms. The molecule has 0 fully saturated rings. The first-order chi connectivity index (χ1) is 9.67. The topological polar surface area (TPSA) is 42.2 Å². The number of rotatable bonds is 2. The van der Waals surface area contributed by atoms with Crippen molar-refractivity contribution in [3.63, 3.8) is 0 Å². The summed E-state index contributed by atoms with van der Waals surface area (Å²) in [6.07, 6.45) is 0. The molecule has 0 radical (unpaired) electrons. The molecule has 1 N–H and O–H groups in total. The van der Waals surface area contributed by atoms with Crippen LogP contribution >= 0.6 is 22.6 Å². The van der Waals surface area contributed by atoms with E-state index in [1.165, 1.54) is 0 Å². The zero-order valence-corrected chi connectivity index (χ0v) is 13.0. The van der Waals surface area contributed by atoms with Gasteiger partial charge < -0.3 is 9.73 Å². The van der Waals surface area contributed by atoms with Gasteiger partial charge >= 0.3 is 0 Å². The SMILES string of the molecule is CNc1ccc(-c2cc(=O)c3cc([125I])ccc3o2)cc1. The Labute approximate surface area is 129 Å². The lowest BCUT2D eigenvalue weighted by atomic mass is 10.1. The van der Waals surface area contributed by atoms with Crippen molar-refractivity contribution in [2.24, 2.45) is 0 Å². The maximum absolute atomic E-state index is 12.2. The van der Waals surface area contributed by atoms with Crippen LogP contribution in [0.25, 0.3) is 22.3 Å². The van der Waals surface area contributed by atoms with Gasteiger partial charge in [0, 0.05) is 27.9 Å². The van der Waals surface area contributed by atoms with Crippen molar-refractivity contribution < 1.29 is 4.42 Å². The van der Waals surface area contributed by atoms with Crippen molar-refractivity contribution in [2.45, 2.75) is 0 Å². The molecule has 3 nitrogen and oxygen atoms in total. The van der Waals surface area contributed by atoms with Gasteiger partial charge in [-0.25, -0.2) is 0 Å². The number of fused-ring (bicyclic) bond motifs is 1. The average Bonchev–Trinajstić information content (AvgIpc) is 2.48. The summed E-state index contributed by atoms with van der Waals surface area (Å²) in [4.78, 5) is 12.2. The molecule has 0 saturated carbocycles. The Hall–Kier alpha value is -1.82. The van der Waals surface area contributed by atoms with Crippen molar-refractivity contribution >= 4 is 39.2 Å². The Morgan fingerprint density at radius 2 is 1.80 bits per heavy atom. The second-order valence-corrected chi connectivity index (χ2v) is 5.69. The third kappa shape index (κ3) is 2.43. The van der Waals surface area contributed by atoms with Crippen LogP contribution in [0.4, 0.5) is 5.69 Å². The normalized spacial score (nSPS) is 10.7. The first-order valence-electron chi connectivity index (χ1n) is 6.19. The number of anilines is 1. The van der Waals surface area contributed by atoms with Crippen LogP contribution in [0.3, 0.4) is 0 Å². The van der Waals surface area contributed by atoms with Gasteiger partial charge in [0.15, 0.2) is 5.43 Å². The van der Waals surface area contributed by atoms with Gasteiger partial charge in [-0.3, -0.25) is 4.79 Å². The highest BCUT2D eigenvalue weighted by atomic mass is 125. The molecule has 0 spiro atoms. The van der Waals surface area contributed by atoms with Crippen LogP contribution in [0, 0.1) is 3.57 Å². The summed E-state index contributed by atoms with van der Waals surface area (Å²) in [7, 11) is 1.87. The van der Waals surface area contributed by atoms with Gasteiger partial charge in [-0.15, -0.1) is 0 Å². The summed E-state index contributed by atoms with van der Waals surface area (Å²) in [5, 5.41) is 3.68. The molecule has 0 aliphatic heterocycles. The predicted octanol–water partition coefficient (Wildman–Crippen LogP) is 4.11. The van der Waals surface area contributed by atoms with E-state index in [9.17, 15) is 4.79 Å². The minimum Gasteiger partial charge on any atom is -0.456 e. The molecule has 0 aliphatic rings. The van der Waals surface area contributed by atoms with Crippen molar-refractivity contribution in [3.8, 4) is 11.3 Å². The second-order valence-electron chi connectivity index (χ2n) is 4.44. The average molecular weight is 375 g/mol. The van der Waals surface area contributed by atoms with Gasteiger partial charge in [0.2, 0.25) is 0 Å². The summed E-state index contributed by atoms with van der Waals surface area (Å²) in [6, 6.07) is 14.9.